The Morgan fingerprint density at radius 3 is 1.20 bits per heavy atom. The Kier molecular flexibility index (Phi) is 11.2. The molecule has 0 aromatic carbocycles. The fourth-order valence-corrected chi connectivity index (χ4v) is 0. The van der Waals surface area contributed by atoms with Gasteiger partial charge in [0.05, 0.1) is 28.2 Å². The summed E-state index contributed by atoms with van der Waals surface area (Å²) < 4.78 is 1.00. The zero-order valence-corrected chi connectivity index (χ0v) is 8.07. The molecule has 0 fully saturated rings. The quantitative estimate of drug-likeness (QED) is 0.381. The molecule has 2 N–H and O–H groups in total. The standard InChI is InChI=1S/C4H12N.C2H5NO.ClH/c1-5(2,3)4;1-2(3)4;/h1-4H3;1H3,(H2,3,4);1H/q+1;;/p-1. The van der Waals surface area contributed by atoms with Gasteiger partial charge in [0.25, 0.3) is 0 Å². The Bertz CT molecular complexity index is 78.2. The number of nitrogens with zero attached hydrogens (tertiary/aromatic N) is 1. The van der Waals surface area contributed by atoms with Gasteiger partial charge < -0.3 is 22.6 Å². The van der Waals surface area contributed by atoms with E-state index in [1.165, 1.54) is 6.92 Å². The number of nitrogens with two attached hydrogens (primary N) is 1. The van der Waals surface area contributed by atoms with E-state index < -0.39 is 0 Å². The maximum Gasteiger partial charge on any atom is 0.214 e. The summed E-state index contributed by atoms with van der Waals surface area (Å²) in [6.45, 7) is 1.31. The van der Waals surface area contributed by atoms with Crippen LogP contribution in [0.15, 0.2) is 0 Å². The maximum absolute atomic E-state index is 9.22. The molecule has 0 saturated carbocycles. The van der Waals surface area contributed by atoms with E-state index in [0.29, 0.717) is 0 Å². The van der Waals surface area contributed by atoms with Crippen molar-refractivity contribution in [1.29, 1.82) is 0 Å². The second-order valence-electron chi connectivity index (χ2n) is 3.29. The summed E-state index contributed by atoms with van der Waals surface area (Å²) in [7, 11) is 8.50. The van der Waals surface area contributed by atoms with E-state index in [0.717, 1.165) is 4.48 Å². The lowest BCUT2D eigenvalue weighted by Crippen LogP contribution is -3.00. The Hall–Kier alpha value is -0.280. The molecule has 3 nitrogen and oxygen atoms in total. The summed E-state index contributed by atoms with van der Waals surface area (Å²) in [5.74, 6) is -0.333. The molecule has 0 radical (unpaired) electrons. The summed E-state index contributed by atoms with van der Waals surface area (Å²) in [6.07, 6.45) is 0. The van der Waals surface area contributed by atoms with Gasteiger partial charge in [0.1, 0.15) is 0 Å². The molecule has 10 heavy (non-hydrogen) atoms. The monoisotopic (exact) mass is 168 g/mol. The lowest BCUT2D eigenvalue weighted by molar-refractivity contribution is -0.849. The maximum atomic E-state index is 9.22. The van der Waals surface area contributed by atoms with Crippen LogP contribution in [0.4, 0.5) is 0 Å². The Morgan fingerprint density at radius 1 is 1.20 bits per heavy atom. The third-order valence-electron chi connectivity index (χ3n) is 0. The van der Waals surface area contributed by atoms with Crippen LogP contribution in [0, 0.1) is 0 Å². The number of carbonyl (C=O) groups excluding carboxylic acids is 1. The third-order valence-corrected chi connectivity index (χ3v) is 0. The molecule has 0 heterocycles. The van der Waals surface area contributed by atoms with Crippen LogP contribution in [0.1, 0.15) is 6.92 Å². The van der Waals surface area contributed by atoms with Crippen LogP contribution < -0.4 is 18.1 Å². The molecule has 64 valence electrons. The summed E-state index contributed by atoms with van der Waals surface area (Å²) in [6, 6.07) is 0. The van der Waals surface area contributed by atoms with Gasteiger partial charge in [-0.1, -0.05) is 0 Å². The highest BCUT2D eigenvalue weighted by molar-refractivity contribution is 5.70. The minimum absolute atomic E-state index is 0. The van der Waals surface area contributed by atoms with E-state index in [-0.39, 0.29) is 18.3 Å². The molecule has 0 saturated heterocycles. The van der Waals surface area contributed by atoms with Gasteiger partial charge in [-0.15, -0.1) is 0 Å². The van der Waals surface area contributed by atoms with Gasteiger partial charge in [-0.25, -0.2) is 0 Å². The van der Waals surface area contributed by atoms with E-state index in [2.05, 4.69) is 33.9 Å². The van der Waals surface area contributed by atoms with Crippen LogP contribution in [0.2, 0.25) is 0 Å². The van der Waals surface area contributed by atoms with Gasteiger partial charge in [0.2, 0.25) is 5.91 Å². The van der Waals surface area contributed by atoms with Crippen molar-refractivity contribution >= 4 is 5.91 Å². The van der Waals surface area contributed by atoms with Crippen molar-refractivity contribution < 1.29 is 21.7 Å². The summed E-state index contributed by atoms with van der Waals surface area (Å²) in [5, 5.41) is 0. The van der Waals surface area contributed by atoms with Gasteiger partial charge in [-0.3, -0.25) is 4.79 Å². The molecule has 0 spiro atoms. The molecule has 0 aromatic rings. The topological polar surface area (TPSA) is 43.1 Å². The third kappa shape index (κ3) is 4450. The Morgan fingerprint density at radius 2 is 1.20 bits per heavy atom. The fourth-order valence-electron chi connectivity index (χ4n) is 0. The highest BCUT2D eigenvalue weighted by atomic mass is 35.5. The predicted octanol–water partition coefficient (Wildman–Crippen LogP) is -3.18. The summed E-state index contributed by atoms with van der Waals surface area (Å²) in [5.41, 5.74) is 4.47. The van der Waals surface area contributed by atoms with Crippen LogP contribution >= 0.6 is 0 Å². The van der Waals surface area contributed by atoms with Crippen molar-refractivity contribution in [2.45, 2.75) is 6.92 Å². The fraction of sp³-hybridized carbons (Fsp3) is 0.833. The van der Waals surface area contributed by atoms with E-state index in [9.17, 15) is 4.79 Å². The van der Waals surface area contributed by atoms with Crippen molar-refractivity contribution in [2.24, 2.45) is 5.73 Å². The van der Waals surface area contributed by atoms with Crippen molar-refractivity contribution in [3.63, 3.8) is 0 Å². The minimum atomic E-state index is -0.333. The number of amides is 1. The molecule has 0 aliphatic heterocycles. The number of rotatable bonds is 0. The van der Waals surface area contributed by atoms with Gasteiger partial charge in [0.15, 0.2) is 0 Å². The predicted molar refractivity (Wildman–Crippen MR) is 38.8 cm³/mol. The van der Waals surface area contributed by atoms with Crippen LogP contribution in [-0.2, 0) is 4.79 Å². The van der Waals surface area contributed by atoms with Crippen molar-refractivity contribution in [3.05, 3.63) is 0 Å². The second kappa shape index (κ2) is 6.83. The van der Waals surface area contributed by atoms with Gasteiger partial charge >= 0.3 is 0 Å². The molecular weight excluding hydrogens is 152 g/mol. The average molecular weight is 169 g/mol. The van der Waals surface area contributed by atoms with Crippen molar-refractivity contribution in [3.8, 4) is 0 Å². The first-order chi connectivity index (χ1) is 3.73. The van der Waals surface area contributed by atoms with E-state index in [1.54, 1.807) is 0 Å². The molecule has 0 aromatic heterocycles. The first kappa shape index (κ1) is 16.4. The molecule has 4 heteroatoms. The van der Waals surface area contributed by atoms with Gasteiger partial charge in [-0.2, -0.15) is 0 Å². The Labute approximate surface area is 69.2 Å². The molecule has 0 aliphatic carbocycles. The number of primary amides is 1. The Balaban J connectivity index is -0.0000000910. The van der Waals surface area contributed by atoms with Crippen LogP contribution in [-0.4, -0.2) is 38.6 Å². The summed E-state index contributed by atoms with van der Waals surface area (Å²) in [4.78, 5) is 9.22. The van der Waals surface area contributed by atoms with Crippen molar-refractivity contribution in [1.82, 2.24) is 0 Å². The number of hydrogen-bond acceptors (Lipinski definition) is 1. The van der Waals surface area contributed by atoms with Gasteiger partial charge in [-0.05, 0) is 0 Å². The number of carbonyl (C=O) groups is 1. The van der Waals surface area contributed by atoms with Crippen molar-refractivity contribution in [2.75, 3.05) is 28.2 Å². The van der Waals surface area contributed by atoms with E-state index >= 15 is 0 Å². The van der Waals surface area contributed by atoms with Crippen LogP contribution in [0.5, 0.6) is 0 Å². The number of halogens is 1. The highest BCUT2D eigenvalue weighted by Gasteiger charge is 1.88. The zero-order chi connectivity index (χ0) is 8.08. The first-order valence-electron chi connectivity index (χ1n) is 2.78. The molecule has 0 atom stereocenters. The highest BCUT2D eigenvalue weighted by Crippen LogP contribution is 1.73. The lowest BCUT2D eigenvalue weighted by atomic mass is 10.8. The first-order valence-corrected chi connectivity index (χ1v) is 2.78. The number of quaternary nitrogens is 1. The van der Waals surface area contributed by atoms with Crippen LogP contribution in [0.3, 0.4) is 0 Å². The molecular formula is C6H17ClN2O. The smallest absolute Gasteiger partial charge is 0.214 e. The van der Waals surface area contributed by atoms with Crippen LogP contribution in [0.25, 0.3) is 0 Å². The normalized spacial score (nSPS) is 8.50. The van der Waals surface area contributed by atoms with Gasteiger partial charge in [0, 0.05) is 6.92 Å². The largest absolute Gasteiger partial charge is 1.00 e. The SMILES string of the molecule is CC(N)=O.C[N+](C)(C)C.[Cl-]. The molecule has 0 rings (SSSR count). The summed E-state index contributed by atoms with van der Waals surface area (Å²) >= 11 is 0. The molecule has 1 amide bonds. The molecule has 0 aliphatic rings. The molecule has 0 unspecified atom stereocenters. The van der Waals surface area contributed by atoms with E-state index in [1.807, 2.05) is 0 Å². The minimum Gasteiger partial charge on any atom is -1.00 e. The van der Waals surface area contributed by atoms with E-state index in [4.69, 9.17) is 0 Å². The number of hydrogen-bond donors (Lipinski definition) is 1. The molecule has 0 bridgehead atoms. The average Bonchev–Trinajstić information content (AvgIpc) is 1.19. The zero-order valence-electron chi connectivity index (χ0n) is 7.31. The lowest BCUT2D eigenvalue weighted by Gasteiger charge is -2.14. The second-order valence-corrected chi connectivity index (χ2v) is 3.29.